The van der Waals surface area contributed by atoms with E-state index in [0.717, 1.165) is 21.5 Å². The smallest absolute Gasteiger partial charge is 0.268 e. The van der Waals surface area contributed by atoms with Crippen LogP contribution in [0.25, 0.3) is 33.2 Å². The molecule has 0 saturated heterocycles. The van der Waals surface area contributed by atoms with Crippen molar-refractivity contribution < 1.29 is 4.52 Å². The van der Waals surface area contributed by atoms with Gasteiger partial charge in [0.1, 0.15) is 5.52 Å². The lowest BCUT2D eigenvalue weighted by Crippen LogP contribution is -1.90. The molecule has 0 amide bonds. The molecule has 0 radical (unpaired) electrons. The van der Waals surface area contributed by atoms with Crippen molar-refractivity contribution in [2.45, 2.75) is 6.92 Å². The molecule has 0 bridgehead atoms. The Morgan fingerprint density at radius 1 is 1.19 bits per heavy atom. The molecule has 4 rings (SSSR count). The lowest BCUT2D eigenvalue weighted by molar-refractivity contribution is 0.433. The Bertz CT molecular complexity index is 936. The highest BCUT2D eigenvalue weighted by atomic mass is 32.1. The van der Waals surface area contributed by atoms with Crippen molar-refractivity contribution in [2.75, 3.05) is 0 Å². The zero-order chi connectivity index (χ0) is 14.4. The van der Waals surface area contributed by atoms with Crippen molar-refractivity contribution in [1.29, 1.82) is 0 Å². The van der Waals surface area contributed by atoms with E-state index in [1.807, 2.05) is 37.4 Å². The topological polar surface area (TPSA) is 69.6 Å². The average Bonchev–Trinajstić information content (AvgIpc) is 3.19. The first-order valence-electron chi connectivity index (χ1n) is 6.41. The molecule has 0 aliphatic heterocycles. The molecule has 0 N–H and O–H groups in total. The molecule has 1 aromatic carbocycles. The standard InChI is InChI=1S/C14H11N5OS/c1-8-3-6-12(21-8)14-15-13(17-20-14)9-4-5-10-11(7-9)19(2)18-16-10/h3-7H,1-2H3. The molecule has 4 aromatic rings. The van der Waals surface area contributed by atoms with Gasteiger partial charge in [0.15, 0.2) is 0 Å². The average molecular weight is 297 g/mol. The third-order valence-electron chi connectivity index (χ3n) is 3.25. The molecule has 7 heteroatoms. The Morgan fingerprint density at radius 3 is 2.90 bits per heavy atom. The minimum absolute atomic E-state index is 0.548. The van der Waals surface area contributed by atoms with Gasteiger partial charge >= 0.3 is 0 Å². The first-order valence-corrected chi connectivity index (χ1v) is 7.23. The number of aromatic nitrogens is 5. The molecule has 104 valence electrons. The minimum Gasteiger partial charge on any atom is -0.333 e. The van der Waals surface area contributed by atoms with Crippen molar-refractivity contribution in [3.63, 3.8) is 0 Å². The number of aryl methyl sites for hydroxylation is 2. The first kappa shape index (κ1) is 12.2. The molecule has 0 spiro atoms. The third kappa shape index (κ3) is 2.02. The second kappa shape index (κ2) is 4.49. The number of nitrogens with zero attached hydrogens (tertiary/aromatic N) is 5. The summed E-state index contributed by atoms with van der Waals surface area (Å²) >= 11 is 1.64. The molecule has 0 fully saturated rings. The summed E-state index contributed by atoms with van der Waals surface area (Å²) in [6.45, 7) is 2.05. The number of rotatable bonds is 2. The Hall–Kier alpha value is -2.54. The van der Waals surface area contributed by atoms with Gasteiger partial charge in [0.25, 0.3) is 5.89 Å². The number of hydrogen-bond donors (Lipinski definition) is 0. The van der Waals surface area contributed by atoms with Crippen LogP contribution in [0.3, 0.4) is 0 Å². The van der Waals surface area contributed by atoms with Crippen LogP contribution in [0.15, 0.2) is 34.9 Å². The second-order valence-electron chi connectivity index (χ2n) is 4.75. The van der Waals surface area contributed by atoms with Crippen molar-refractivity contribution in [3.05, 3.63) is 35.2 Å². The van der Waals surface area contributed by atoms with Crippen LogP contribution >= 0.6 is 11.3 Å². The summed E-state index contributed by atoms with van der Waals surface area (Å²) in [5.74, 6) is 1.12. The van der Waals surface area contributed by atoms with Gasteiger partial charge in [0, 0.05) is 17.5 Å². The van der Waals surface area contributed by atoms with Gasteiger partial charge in [-0.1, -0.05) is 10.4 Å². The Kier molecular flexibility index (Phi) is 2.61. The van der Waals surface area contributed by atoms with Gasteiger partial charge in [-0.3, -0.25) is 0 Å². The van der Waals surface area contributed by atoms with Crippen LogP contribution in [0, 0.1) is 6.92 Å². The highest BCUT2D eigenvalue weighted by Gasteiger charge is 2.13. The van der Waals surface area contributed by atoms with Gasteiger partial charge < -0.3 is 4.52 Å². The van der Waals surface area contributed by atoms with Gasteiger partial charge in [-0.05, 0) is 37.3 Å². The summed E-state index contributed by atoms with van der Waals surface area (Å²) in [6, 6.07) is 9.82. The molecular weight excluding hydrogens is 286 g/mol. The van der Waals surface area contributed by atoms with Crippen LogP contribution in [0.1, 0.15) is 4.88 Å². The van der Waals surface area contributed by atoms with E-state index in [1.165, 1.54) is 4.88 Å². The molecule has 6 nitrogen and oxygen atoms in total. The molecule has 0 aliphatic carbocycles. The maximum Gasteiger partial charge on any atom is 0.268 e. The fourth-order valence-electron chi connectivity index (χ4n) is 2.16. The van der Waals surface area contributed by atoms with Crippen LogP contribution < -0.4 is 0 Å². The van der Waals surface area contributed by atoms with E-state index in [4.69, 9.17) is 4.52 Å². The fraction of sp³-hybridized carbons (Fsp3) is 0.143. The Balaban J connectivity index is 1.78. The molecule has 0 unspecified atom stereocenters. The van der Waals surface area contributed by atoms with Crippen molar-refractivity contribution in [3.8, 4) is 22.2 Å². The van der Waals surface area contributed by atoms with E-state index in [0.29, 0.717) is 11.7 Å². The maximum atomic E-state index is 5.35. The summed E-state index contributed by atoms with van der Waals surface area (Å²) in [4.78, 5) is 6.66. The number of hydrogen-bond acceptors (Lipinski definition) is 6. The monoisotopic (exact) mass is 297 g/mol. The van der Waals surface area contributed by atoms with Crippen molar-refractivity contribution in [1.82, 2.24) is 25.1 Å². The van der Waals surface area contributed by atoms with Crippen molar-refractivity contribution in [2.24, 2.45) is 7.05 Å². The van der Waals surface area contributed by atoms with Gasteiger partial charge in [-0.25, -0.2) is 4.68 Å². The quantitative estimate of drug-likeness (QED) is 0.568. The van der Waals surface area contributed by atoms with Gasteiger partial charge in [-0.2, -0.15) is 4.98 Å². The molecule has 0 aliphatic rings. The van der Waals surface area contributed by atoms with Gasteiger partial charge in [0.2, 0.25) is 5.82 Å². The summed E-state index contributed by atoms with van der Waals surface area (Å²) in [6.07, 6.45) is 0. The zero-order valence-electron chi connectivity index (χ0n) is 11.4. The zero-order valence-corrected chi connectivity index (χ0v) is 12.3. The molecule has 3 aromatic heterocycles. The van der Waals surface area contributed by atoms with E-state index in [2.05, 4.69) is 27.4 Å². The summed E-state index contributed by atoms with van der Waals surface area (Å²) < 4.78 is 7.08. The predicted molar refractivity (Wildman–Crippen MR) is 79.9 cm³/mol. The lowest BCUT2D eigenvalue weighted by atomic mass is 10.2. The van der Waals surface area contributed by atoms with Crippen molar-refractivity contribution >= 4 is 22.4 Å². The lowest BCUT2D eigenvalue weighted by Gasteiger charge is -1.95. The molecule has 3 heterocycles. The minimum atomic E-state index is 0.548. The second-order valence-corrected chi connectivity index (χ2v) is 6.04. The number of thiophene rings is 1. The van der Waals surface area contributed by atoms with E-state index in [9.17, 15) is 0 Å². The summed E-state index contributed by atoms with van der Waals surface area (Å²) in [7, 11) is 1.86. The highest BCUT2D eigenvalue weighted by Crippen LogP contribution is 2.28. The fourth-order valence-corrected chi connectivity index (χ4v) is 2.95. The van der Waals surface area contributed by atoms with Crippen LogP contribution in [0.2, 0.25) is 0 Å². The van der Waals surface area contributed by atoms with Gasteiger partial charge in [0.05, 0.1) is 10.4 Å². The third-order valence-corrected chi connectivity index (χ3v) is 4.23. The number of benzene rings is 1. The molecular formula is C14H11N5OS. The normalized spacial score (nSPS) is 11.3. The molecule has 21 heavy (non-hydrogen) atoms. The number of fused-ring (bicyclic) bond motifs is 1. The van der Waals surface area contributed by atoms with Crippen LogP contribution in [-0.2, 0) is 7.05 Å². The van der Waals surface area contributed by atoms with E-state index < -0.39 is 0 Å². The predicted octanol–water partition coefficient (Wildman–Crippen LogP) is 3.06. The summed E-state index contributed by atoms with van der Waals surface area (Å²) in [5.41, 5.74) is 2.67. The highest BCUT2D eigenvalue weighted by molar-refractivity contribution is 7.15. The van der Waals surface area contributed by atoms with E-state index in [-0.39, 0.29) is 0 Å². The summed E-state index contributed by atoms with van der Waals surface area (Å²) in [5, 5.41) is 12.1. The Labute approximate surface area is 124 Å². The van der Waals surface area contributed by atoms with E-state index >= 15 is 0 Å². The molecule has 0 saturated carbocycles. The van der Waals surface area contributed by atoms with Crippen LogP contribution in [-0.4, -0.2) is 25.1 Å². The first-order chi connectivity index (χ1) is 10.2. The van der Waals surface area contributed by atoms with Crippen LogP contribution in [0.5, 0.6) is 0 Å². The van der Waals surface area contributed by atoms with Gasteiger partial charge in [-0.15, -0.1) is 16.4 Å². The van der Waals surface area contributed by atoms with E-state index in [1.54, 1.807) is 16.0 Å². The maximum absolute atomic E-state index is 5.35. The largest absolute Gasteiger partial charge is 0.333 e. The Morgan fingerprint density at radius 2 is 2.10 bits per heavy atom. The molecule has 0 atom stereocenters. The SMILES string of the molecule is Cc1ccc(-c2nc(-c3ccc4nnn(C)c4c3)no2)s1. The van der Waals surface area contributed by atoms with Crippen LogP contribution in [0.4, 0.5) is 0 Å².